The standard InChI is InChI=1S/C11H21NO.C2H7N/c1-3-10(4-2)12-11(13)9-7-5-6-8-9;1-2-3/h9-10H,3-8H2,1-2H3,(H,12,13);2-3H2,1H3. The van der Waals surface area contributed by atoms with Crippen molar-refractivity contribution in [3.63, 3.8) is 0 Å². The van der Waals surface area contributed by atoms with Crippen LogP contribution in [0.2, 0.25) is 0 Å². The van der Waals surface area contributed by atoms with Gasteiger partial charge in [-0.3, -0.25) is 4.79 Å². The average Bonchev–Trinajstić information content (AvgIpc) is 2.80. The van der Waals surface area contributed by atoms with Gasteiger partial charge in [0.1, 0.15) is 0 Å². The first-order chi connectivity index (χ1) is 7.69. The van der Waals surface area contributed by atoms with E-state index in [4.69, 9.17) is 5.73 Å². The van der Waals surface area contributed by atoms with Crippen molar-refractivity contribution in [2.24, 2.45) is 11.7 Å². The summed E-state index contributed by atoms with van der Waals surface area (Å²) >= 11 is 0. The molecular weight excluding hydrogens is 200 g/mol. The van der Waals surface area contributed by atoms with Crippen LogP contribution in [0.5, 0.6) is 0 Å². The first kappa shape index (κ1) is 15.4. The molecule has 0 spiro atoms. The molecule has 16 heavy (non-hydrogen) atoms. The van der Waals surface area contributed by atoms with Gasteiger partial charge >= 0.3 is 0 Å². The molecule has 0 aromatic rings. The first-order valence-corrected chi connectivity index (χ1v) is 6.69. The number of nitrogens with two attached hydrogens (primary N) is 1. The number of carbonyl (C=O) groups excluding carboxylic acids is 1. The fourth-order valence-corrected chi connectivity index (χ4v) is 2.00. The molecule has 1 fully saturated rings. The van der Waals surface area contributed by atoms with Crippen molar-refractivity contribution < 1.29 is 4.79 Å². The maximum Gasteiger partial charge on any atom is 0.223 e. The summed E-state index contributed by atoms with van der Waals surface area (Å²) in [7, 11) is 0. The van der Waals surface area contributed by atoms with E-state index >= 15 is 0 Å². The molecule has 0 atom stereocenters. The van der Waals surface area contributed by atoms with Gasteiger partial charge in [0.05, 0.1) is 0 Å². The summed E-state index contributed by atoms with van der Waals surface area (Å²) in [6, 6.07) is 0.396. The van der Waals surface area contributed by atoms with Crippen LogP contribution in [-0.2, 0) is 4.79 Å². The van der Waals surface area contributed by atoms with E-state index in [1.165, 1.54) is 12.8 Å². The zero-order chi connectivity index (χ0) is 12.4. The van der Waals surface area contributed by atoms with Gasteiger partial charge in [0.25, 0.3) is 0 Å². The third-order valence-corrected chi connectivity index (χ3v) is 3.06. The Morgan fingerprint density at radius 3 is 2.06 bits per heavy atom. The van der Waals surface area contributed by atoms with Crippen molar-refractivity contribution >= 4 is 5.91 Å². The van der Waals surface area contributed by atoms with E-state index in [0.29, 0.717) is 17.9 Å². The smallest absolute Gasteiger partial charge is 0.223 e. The van der Waals surface area contributed by atoms with Crippen LogP contribution in [0.25, 0.3) is 0 Å². The fourth-order valence-electron chi connectivity index (χ4n) is 2.00. The first-order valence-electron chi connectivity index (χ1n) is 6.69. The lowest BCUT2D eigenvalue weighted by Crippen LogP contribution is -2.37. The number of rotatable bonds is 4. The summed E-state index contributed by atoms with van der Waals surface area (Å²) in [5.74, 6) is 0.617. The Bertz CT molecular complexity index is 173. The molecule has 0 aromatic heterocycles. The second kappa shape index (κ2) is 9.64. The van der Waals surface area contributed by atoms with E-state index in [2.05, 4.69) is 19.2 Å². The maximum atomic E-state index is 11.7. The van der Waals surface area contributed by atoms with E-state index in [1.807, 2.05) is 6.92 Å². The summed E-state index contributed by atoms with van der Waals surface area (Å²) in [5.41, 5.74) is 4.85. The van der Waals surface area contributed by atoms with Gasteiger partial charge in [0.15, 0.2) is 0 Å². The molecule has 1 aliphatic carbocycles. The molecule has 1 aliphatic rings. The molecule has 0 aromatic carbocycles. The molecule has 3 nitrogen and oxygen atoms in total. The molecule has 0 heterocycles. The minimum atomic E-state index is 0.297. The number of hydrogen-bond acceptors (Lipinski definition) is 2. The zero-order valence-corrected chi connectivity index (χ0v) is 11.1. The molecule has 3 heteroatoms. The summed E-state index contributed by atoms with van der Waals surface area (Å²) < 4.78 is 0. The van der Waals surface area contributed by atoms with Crippen LogP contribution in [-0.4, -0.2) is 18.5 Å². The van der Waals surface area contributed by atoms with E-state index in [0.717, 1.165) is 32.2 Å². The van der Waals surface area contributed by atoms with Crippen molar-refractivity contribution in [1.29, 1.82) is 0 Å². The highest BCUT2D eigenvalue weighted by molar-refractivity contribution is 5.79. The predicted octanol–water partition coefficient (Wildman–Crippen LogP) is 2.45. The average molecular weight is 228 g/mol. The van der Waals surface area contributed by atoms with Gasteiger partial charge in [-0.1, -0.05) is 33.6 Å². The Labute approximate surface area is 100 Å². The number of nitrogens with one attached hydrogen (secondary N) is 1. The van der Waals surface area contributed by atoms with Crippen molar-refractivity contribution in [2.75, 3.05) is 6.54 Å². The second-order valence-corrected chi connectivity index (χ2v) is 4.41. The lowest BCUT2D eigenvalue weighted by molar-refractivity contribution is -0.125. The van der Waals surface area contributed by atoms with Gasteiger partial charge in [-0.05, 0) is 32.2 Å². The maximum absolute atomic E-state index is 11.7. The SMILES string of the molecule is CCC(CC)NC(=O)C1CCCC1.CCN. The topological polar surface area (TPSA) is 55.1 Å². The van der Waals surface area contributed by atoms with Crippen molar-refractivity contribution in [3.05, 3.63) is 0 Å². The Kier molecular flexibility index (Phi) is 9.30. The van der Waals surface area contributed by atoms with Gasteiger partial charge in [0.2, 0.25) is 5.91 Å². The van der Waals surface area contributed by atoms with Crippen LogP contribution in [0, 0.1) is 5.92 Å². The van der Waals surface area contributed by atoms with E-state index in [-0.39, 0.29) is 0 Å². The third kappa shape index (κ3) is 6.11. The summed E-state index contributed by atoms with van der Waals surface area (Å²) in [5, 5.41) is 3.12. The van der Waals surface area contributed by atoms with Crippen molar-refractivity contribution in [3.8, 4) is 0 Å². The second-order valence-electron chi connectivity index (χ2n) is 4.41. The third-order valence-electron chi connectivity index (χ3n) is 3.06. The van der Waals surface area contributed by atoms with Gasteiger partial charge in [-0.15, -0.1) is 0 Å². The predicted molar refractivity (Wildman–Crippen MR) is 69.2 cm³/mol. The Hall–Kier alpha value is -0.570. The normalized spacial score (nSPS) is 15.8. The molecular formula is C13H28N2O. The van der Waals surface area contributed by atoms with Crippen LogP contribution >= 0.6 is 0 Å². The Morgan fingerprint density at radius 1 is 1.25 bits per heavy atom. The lowest BCUT2D eigenvalue weighted by atomic mass is 10.1. The molecule has 0 radical (unpaired) electrons. The summed E-state index contributed by atoms with van der Waals surface area (Å²) in [4.78, 5) is 11.7. The summed E-state index contributed by atoms with van der Waals surface area (Å²) in [6.45, 7) is 6.91. The molecule has 0 aliphatic heterocycles. The molecule has 1 amide bonds. The number of hydrogen-bond donors (Lipinski definition) is 2. The van der Waals surface area contributed by atoms with Gasteiger partial charge in [0, 0.05) is 12.0 Å². The minimum absolute atomic E-state index is 0.297. The van der Waals surface area contributed by atoms with Gasteiger partial charge in [-0.25, -0.2) is 0 Å². The zero-order valence-electron chi connectivity index (χ0n) is 11.1. The van der Waals surface area contributed by atoms with Crippen LogP contribution < -0.4 is 11.1 Å². The summed E-state index contributed by atoms with van der Waals surface area (Å²) in [6.07, 6.45) is 6.78. The fraction of sp³-hybridized carbons (Fsp3) is 0.923. The molecule has 0 bridgehead atoms. The highest BCUT2D eigenvalue weighted by atomic mass is 16.1. The highest BCUT2D eigenvalue weighted by Gasteiger charge is 2.23. The van der Waals surface area contributed by atoms with Crippen molar-refractivity contribution in [1.82, 2.24) is 5.32 Å². The highest BCUT2D eigenvalue weighted by Crippen LogP contribution is 2.24. The largest absolute Gasteiger partial charge is 0.353 e. The Balaban J connectivity index is 0.000000673. The van der Waals surface area contributed by atoms with Crippen LogP contribution in [0.3, 0.4) is 0 Å². The van der Waals surface area contributed by atoms with Gasteiger partial charge < -0.3 is 11.1 Å². The molecule has 1 saturated carbocycles. The molecule has 1 rings (SSSR count). The van der Waals surface area contributed by atoms with E-state index in [9.17, 15) is 4.79 Å². The van der Waals surface area contributed by atoms with Crippen LogP contribution in [0.1, 0.15) is 59.3 Å². The lowest BCUT2D eigenvalue weighted by Gasteiger charge is -2.17. The van der Waals surface area contributed by atoms with Gasteiger partial charge in [-0.2, -0.15) is 0 Å². The quantitative estimate of drug-likeness (QED) is 0.776. The minimum Gasteiger partial charge on any atom is -0.353 e. The molecule has 3 N–H and O–H groups in total. The van der Waals surface area contributed by atoms with Crippen LogP contribution in [0.4, 0.5) is 0 Å². The van der Waals surface area contributed by atoms with E-state index in [1.54, 1.807) is 0 Å². The number of carbonyl (C=O) groups is 1. The molecule has 0 unspecified atom stereocenters. The molecule has 96 valence electrons. The van der Waals surface area contributed by atoms with Crippen molar-refractivity contribution in [2.45, 2.75) is 65.3 Å². The van der Waals surface area contributed by atoms with Crippen LogP contribution in [0.15, 0.2) is 0 Å². The van der Waals surface area contributed by atoms with E-state index < -0.39 is 0 Å². The molecule has 0 saturated heterocycles. The monoisotopic (exact) mass is 228 g/mol. The number of amides is 1. The Morgan fingerprint density at radius 2 is 1.69 bits per heavy atom.